The lowest BCUT2D eigenvalue weighted by Gasteiger charge is -2.37. The van der Waals surface area contributed by atoms with Crippen LogP contribution >= 0.6 is 0 Å². The van der Waals surface area contributed by atoms with Crippen LogP contribution in [0.25, 0.3) is 11.0 Å². The van der Waals surface area contributed by atoms with E-state index < -0.39 is 0 Å². The van der Waals surface area contributed by atoms with Crippen LogP contribution in [0.2, 0.25) is 0 Å². The molecule has 2 fully saturated rings. The van der Waals surface area contributed by atoms with E-state index in [9.17, 15) is 9.59 Å². The van der Waals surface area contributed by atoms with Gasteiger partial charge < -0.3 is 19.1 Å². The number of hydrogen-bond acceptors (Lipinski definition) is 5. The standard InChI is InChI=1S/C24H34N4O3/c1-3-13-28-21-10-6-5-9-20(21)25-24(28)26-15-11-18(12-16-26)22(29)27-14-7-8-19(17-27)23(30)31-4-2/h5-6,9-10,18-19H,3-4,7-8,11-17H2,1-2H3/t19-/m1/s1. The van der Waals surface area contributed by atoms with Gasteiger partial charge in [-0.15, -0.1) is 0 Å². The number of aromatic nitrogens is 2. The van der Waals surface area contributed by atoms with Crippen molar-refractivity contribution in [3.05, 3.63) is 24.3 Å². The van der Waals surface area contributed by atoms with Crippen LogP contribution in [0, 0.1) is 11.8 Å². The number of amides is 1. The van der Waals surface area contributed by atoms with Gasteiger partial charge in [0.2, 0.25) is 11.9 Å². The fourth-order valence-corrected chi connectivity index (χ4v) is 4.96. The third kappa shape index (κ3) is 4.55. The highest BCUT2D eigenvalue weighted by atomic mass is 16.5. The van der Waals surface area contributed by atoms with Crippen molar-refractivity contribution < 1.29 is 14.3 Å². The first-order chi connectivity index (χ1) is 15.1. The zero-order valence-electron chi connectivity index (χ0n) is 18.8. The molecule has 4 rings (SSSR count). The third-order valence-corrected chi connectivity index (χ3v) is 6.56. The molecule has 31 heavy (non-hydrogen) atoms. The van der Waals surface area contributed by atoms with E-state index in [2.05, 4.69) is 34.6 Å². The molecule has 1 aromatic heterocycles. The van der Waals surface area contributed by atoms with Crippen molar-refractivity contribution in [2.45, 2.75) is 52.5 Å². The highest BCUT2D eigenvalue weighted by Gasteiger charge is 2.34. The van der Waals surface area contributed by atoms with Gasteiger partial charge in [-0.25, -0.2) is 4.98 Å². The fraction of sp³-hybridized carbons (Fsp3) is 0.625. The van der Waals surface area contributed by atoms with Gasteiger partial charge in [0.05, 0.1) is 23.6 Å². The lowest BCUT2D eigenvalue weighted by Crippen LogP contribution is -2.48. The Kier molecular flexibility index (Phi) is 6.78. The van der Waals surface area contributed by atoms with Crippen molar-refractivity contribution in [1.29, 1.82) is 0 Å². The Balaban J connectivity index is 1.40. The van der Waals surface area contributed by atoms with Crippen molar-refractivity contribution in [3.8, 4) is 0 Å². The number of para-hydroxylation sites is 2. The van der Waals surface area contributed by atoms with Gasteiger partial charge in [-0.3, -0.25) is 9.59 Å². The molecule has 0 bridgehead atoms. The average Bonchev–Trinajstić information content (AvgIpc) is 3.18. The van der Waals surface area contributed by atoms with Gasteiger partial charge in [-0.1, -0.05) is 19.1 Å². The normalized spacial score (nSPS) is 20.3. The summed E-state index contributed by atoms with van der Waals surface area (Å²) in [5, 5.41) is 0. The zero-order chi connectivity index (χ0) is 21.8. The Labute approximate surface area is 184 Å². The smallest absolute Gasteiger partial charge is 0.310 e. The predicted octanol–water partition coefficient (Wildman–Crippen LogP) is 3.46. The molecule has 2 aliphatic heterocycles. The Bertz CT molecular complexity index is 917. The molecule has 1 atom stereocenters. The molecule has 0 radical (unpaired) electrons. The number of carbonyl (C=O) groups excluding carboxylic acids is 2. The first-order valence-corrected chi connectivity index (χ1v) is 11.8. The second kappa shape index (κ2) is 9.71. The van der Waals surface area contributed by atoms with E-state index in [1.807, 2.05) is 17.9 Å². The van der Waals surface area contributed by atoms with Crippen molar-refractivity contribution in [3.63, 3.8) is 0 Å². The quantitative estimate of drug-likeness (QED) is 0.662. The number of likely N-dealkylation sites (tertiary alicyclic amines) is 1. The van der Waals surface area contributed by atoms with Gasteiger partial charge in [0.25, 0.3) is 0 Å². The first-order valence-electron chi connectivity index (χ1n) is 11.8. The summed E-state index contributed by atoms with van der Waals surface area (Å²) in [6.07, 6.45) is 4.40. The summed E-state index contributed by atoms with van der Waals surface area (Å²) in [7, 11) is 0. The zero-order valence-corrected chi connectivity index (χ0v) is 18.8. The molecule has 3 heterocycles. The number of rotatable bonds is 6. The molecule has 0 aliphatic carbocycles. The molecule has 1 aromatic carbocycles. The molecule has 7 nitrogen and oxygen atoms in total. The number of carbonyl (C=O) groups is 2. The Morgan fingerprint density at radius 1 is 1.06 bits per heavy atom. The number of esters is 1. The summed E-state index contributed by atoms with van der Waals surface area (Å²) < 4.78 is 7.49. The van der Waals surface area contributed by atoms with Gasteiger partial charge in [0, 0.05) is 38.6 Å². The second-order valence-electron chi connectivity index (χ2n) is 8.69. The predicted molar refractivity (Wildman–Crippen MR) is 121 cm³/mol. The largest absolute Gasteiger partial charge is 0.466 e. The maximum absolute atomic E-state index is 13.2. The monoisotopic (exact) mass is 426 g/mol. The minimum absolute atomic E-state index is 0.0289. The number of fused-ring (bicyclic) bond motifs is 1. The molecular weight excluding hydrogens is 392 g/mol. The maximum Gasteiger partial charge on any atom is 0.310 e. The van der Waals surface area contributed by atoms with Gasteiger partial charge in [0.1, 0.15) is 0 Å². The van der Waals surface area contributed by atoms with E-state index in [0.717, 1.165) is 69.7 Å². The molecule has 7 heteroatoms. The number of benzene rings is 1. The summed E-state index contributed by atoms with van der Waals surface area (Å²) in [6.45, 7) is 8.27. The first kappa shape index (κ1) is 21.7. The highest BCUT2D eigenvalue weighted by Crippen LogP contribution is 2.29. The van der Waals surface area contributed by atoms with E-state index in [0.29, 0.717) is 13.2 Å². The van der Waals surface area contributed by atoms with E-state index in [1.165, 1.54) is 5.52 Å². The summed E-state index contributed by atoms with van der Waals surface area (Å²) >= 11 is 0. The van der Waals surface area contributed by atoms with Crippen LogP contribution in [-0.2, 0) is 20.9 Å². The minimum atomic E-state index is -0.174. The van der Waals surface area contributed by atoms with Crippen LogP contribution in [-0.4, -0.2) is 59.1 Å². The van der Waals surface area contributed by atoms with Crippen LogP contribution in [0.4, 0.5) is 5.95 Å². The molecule has 0 saturated carbocycles. The molecule has 2 aromatic rings. The summed E-state index contributed by atoms with van der Waals surface area (Å²) in [6, 6.07) is 8.29. The highest BCUT2D eigenvalue weighted by molar-refractivity contribution is 5.81. The average molecular weight is 427 g/mol. The van der Waals surface area contributed by atoms with Crippen molar-refractivity contribution in [2.24, 2.45) is 11.8 Å². The summed E-state index contributed by atoms with van der Waals surface area (Å²) in [4.78, 5) is 34.4. The van der Waals surface area contributed by atoms with Crippen LogP contribution in [0.5, 0.6) is 0 Å². The van der Waals surface area contributed by atoms with Crippen molar-refractivity contribution in [1.82, 2.24) is 14.5 Å². The number of nitrogens with zero attached hydrogens (tertiary/aromatic N) is 4. The van der Waals surface area contributed by atoms with Crippen molar-refractivity contribution in [2.75, 3.05) is 37.7 Å². The fourth-order valence-electron chi connectivity index (χ4n) is 4.96. The number of piperidine rings is 2. The van der Waals surface area contributed by atoms with Crippen LogP contribution in [0.1, 0.15) is 46.0 Å². The number of ether oxygens (including phenoxy) is 1. The number of hydrogen-bond donors (Lipinski definition) is 0. The molecule has 0 spiro atoms. The minimum Gasteiger partial charge on any atom is -0.466 e. The molecule has 0 unspecified atom stereocenters. The topological polar surface area (TPSA) is 67.7 Å². The van der Waals surface area contributed by atoms with Gasteiger partial charge in [-0.05, 0) is 51.2 Å². The Morgan fingerprint density at radius 3 is 2.58 bits per heavy atom. The second-order valence-corrected chi connectivity index (χ2v) is 8.69. The molecule has 2 aliphatic rings. The molecule has 1 amide bonds. The Morgan fingerprint density at radius 2 is 1.84 bits per heavy atom. The van der Waals surface area contributed by atoms with E-state index in [-0.39, 0.29) is 23.7 Å². The Hall–Kier alpha value is -2.57. The lowest BCUT2D eigenvalue weighted by atomic mass is 9.92. The van der Waals surface area contributed by atoms with Gasteiger partial charge in [0.15, 0.2) is 0 Å². The SMILES string of the molecule is CCCn1c(N2CCC(C(=O)N3CCC[C@@H](C(=O)OCC)C3)CC2)nc2ccccc21. The summed E-state index contributed by atoms with van der Waals surface area (Å²) in [5.74, 6) is 0.919. The van der Waals surface area contributed by atoms with Gasteiger partial charge >= 0.3 is 5.97 Å². The molecule has 2 saturated heterocycles. The van der Waals surface area contributed by atoms with Crippen LogP contribution in [0.3, 0.4) is 0 Å². The maximum atomic E-state index is 13.2. The van der Waals surface area contributed by atoms with Gasteiger partial charge in [-0.2, -0.15) is 0 Å². The number of aryl methyl sites for hydroxylation is 1. The number of imidazole rings is 1. The van der Waals surface area contributed by atoms with E-state index >= 15 is 0 Å². The third-order valence-electron chi connectivity index (χ3n) is 6.56. The van der Waals surface area contributed by atoms with E-state index in [4.69, 9.17) is 9.72 Å². The lowest BCUT2D eigenvalue weighted by molar-refractivity contribution is -0.152. The molecule has 0 N–H and O–H groups in total. The van der Waals surface area contributed by atoms with Crippen LogP contribution in [0.15, 0.2) is 24.3 Å². The molecule has 168 valence electrons. The van der Waals surface area contributed by atoms with Crippen LogP contribution < -0.4 is 4.90 Å². The molecular formula is C24H34N4O3. The summed E-state index contributed by atoms with van der Waals surface area (Å²) in [5.41, 5.74) is 2.21. The van der Waals surface area contributed by atoms with Crippen molar-refractivity contribution >= 4 is 28.9 Å². The van der Waals surface area contributed by atoms with E-state index in [1.54, 1.807) is 0 Å². The number of anilines is 1.